The van der Waals surface area contributed by atoms with E-state index in [1.807, 2.05) is 4.90 Å². The summed E-state index contributed by atoms with van der Waals surface area (Å²) in [6.07, 6.45) is 1.78. The molecule has 1 aliphatic heterocycles. The quantitative estimate of drug-likeness (QED) is 0.883. The number of aromatic nitrogens is 1. The second kappa shape index (κ2) is 5.84. The van der Waals surface area contributed by atoms with Crippen LogP contribution in [0.1, 0.15) is 6.42 Å². The van der Waals surface area contributed by atoms with Crippen molar-refractivity contribution >= 4 is 34.9 Å². The van der Waals surface area contributed by atoms with E-state index in [1.165, 1.54) is 12.3 Å². The Labute approximate surface area is 115 Å². The first-order chi connectivity index (χ1) is 8.54. The van der Waals surface area contributed by atoms with Crippen LogP contribution in [0, 0.1) is 0 Å². The third kappa shape index (κ3) is 3.55. The number of nitrogens with zero attached hydrogens (tertiary/aromatic N) is 2. The molecule has 1 aliphatic rings. The summed E-state index contributed by atoms with van der Waals surface area (Å²) in [5, 5.41) is 12.7. The van der Waals surface area contributed by atoms with Gasteiger partial charge in [0.05, 0.1) is 22.7 Å². The zero-order valence-electron chi connectivity index (χ0n) is 9.57. The summed E-state index contributed by atoms with van der Waals surface area (Å²) in [7, 11) is 0. The first-order valence-electron chi connectivity index (χ1n) is 5.56. The maximum absolute atomic E-state index is 11.7. The first-order valence-corrected chi connectivity index (χ1v) is 6.31. The molecule has 0 unspecified atom stereocenters. The molecule has 1 aromatic heterocycles. The van der Waals surface area contributed by atoms with Crippen LogP contribution in [0.3, 0.4) is 0 Å². The zero-order valence-corrected chi connectivity index (χ0v) is 11.1. The SMILES string of the molecule is O=C(CN1CC[C@@H](O)C1)Nc1ncc(Cl)cc1Cl. The van der Waals surface area contributed by atoms with Gasteiger partial charge in [-0.3, -0.25) is 9.69 Å². The topological polar surface area (TPSA) is 65.5 Å². The van der Waals surface area contributed by atoms with Gasteiger partial charge in [-0.25, -0.2) is 4.98 Å². The molecule has 0 aromatic carbocycles. The number of carbonyl (C=O) groups is 1. The fourth-order valence-electron chi connectivity index (χ4n) is 1.84. The first kappa shape index (κ1) is 13.5. The molecule has 0 spiro atoms. The molecular weight excluding hydrogens is 277 g/mol. The number of rotatable bonds is 3. The van der Waals surface area contributed by atoms with Gasteiger partial charge in [0.1, 0.15) is 0 Å². The number of halogens is 2. The van der Waals surface area contributed by atoms with Crippen LogP contribution < -0.4 is 5.32 Å². The number of pyridine rings is 1. The van der Waals surface area contributed by atoms with E-state index in [0.717, 1.165) is 6.54 Å². The molecule has 0 aliphatic carbocycles. The van der Waals surface area contributed by atoms with E-state index in [1.54, 1.807) is 0 Å². The van der Waals surface area contributed by atoms with Crippen molar-refractivity contribution < 1.29 is 9.90 Å². The molecule has 2 N–H and O–H groups in total. The largest absolute Gasteiger partial charge is 0.392 e. The minimum atomic E-state index is -0.338. The van der Waals surface area contributed by atoms with Crippen molar-refractivity contribution in [2.75, 3.05) is 25.0 Å². The molecule has 0 radical (unpaired) electrons. The Kier molecular flexibility index (Phi) is 4.40. The third-order valence-electron chi connectivity index (χ3n) is 2.68. The van der Waals surface area contributed by atoms with Gasteiger partial charge < -0.3 is 10.4 Å². The van der Waals surface area contributed by atoms with Crippen molar-refractivity contribution in [3.8, 4) is 0 Å². The maximum atomic E-state index is 11.7. The number of aliphatic hydroxyl groups excluding tert-OH is 1. The van der Waals surface area contributed by atoms with Gasteiger partial charge >= 0.3 is 0 Å². The zero-order chi connectivity index (χ0) is 13.1. The summed E-state index contributed by atoms with van der Waals surface area (Å²) < 4.78 is 0. The lowest BCUT2D eigenvalue weighted by Crippen LogP contribution is -2.32. The van der Waals surface area contributed by atoms with Gasteiger partial charge in [0, 0.05) is 19.3 Å². The summed E-state index contributed by atoms with van der Waals surface area (Å²) in [6.45, 7) is 1.46. The van der Waals surface area contributed by atoms with Crippen LogP contribution in [0.4, 0.5) is 5.82 Å². The Balaban J connectivity index is 1.91. The number of nitrogens with one attached hydrogen (secondary N) is 1. The second-order valence-electron chi connectivity index (χ2n) is 4.21. The van der Waals surface area contributed by atoms with Crippen LogP contribution in [0.5, 0.6) is 0 Å². The Morgan fingerprint density at radius 3 is 3.00 bits per heavy atom. The standard InChI is InChI=1S/C11H13Cl2N3O2/c12-7-3-9(13)11(14-4-7)15-10(18)6-16-2-1-8(17)5-16/h3-4,8,17H,1-2,5-6H2,(H,14,15,18)/t8-/m1/s1. The summed E-state index contributed by atoms with van der Waals surface area (Å²) in [5.41, 5.74) is 0. The fraction of sp³-hybridized carbons (Fsp3) is 0.455. The van der Waals surface area contributed by atoms with Gasteiger partial charge in [0.25, 0.3) is 0 Å². The van der Waals surface area contributed by atoms with Crippen LogP contribution in [0.15, 0.2) is 12.3 Å². The summed E-state index contributed by atoms with van der Waals surface area (Å²) in [4.78, 5) is 17.6. The maximum Gasteiger partial charge on any atom is 0.239 e. The smallest absolute Gasteiger partial charge is 0.239 e. The fourth-order valence-corrected chi connectivity index (χ4v) is 2.26. The molecule has 1 aromatic rings. The number of hydrogen-bond acceptors (Lipinski definition) is 4. The van der Waals surface area contributed by atoms with Crippen LogP contribution in [0.25, 0.3) is 0 Å². The highest BCUT2D eigenvalue weighted by atomic mass is 35.5. The van der Waals surface area contributed by atoms with Crippen molar-refractivity contribution in [1.82, 2.24) is 9.88 Å². The number of β-amino-alcohol motifs (C(OH)–C–C–N with tert-alkyl or cyclic N) is 1. The van der Waals surface area contributed by atoms with Crippen molar-refractivity contribution in [2.45, 2.75) is 12.5 Å². The molecule has 0 saturated carbocycles. The Hall–Kier alpha value is -0.880. The lowest BCUT2D eigenvalue weighted by Gasteiger charge is -2.14. The molecule has 2 rings (SSSR count). The molecular formula is C11H13Cl2N3O2. The van der Waals surface area contributed by atoms with E-state index in [-0.39, 0.29) is 18.6 Å². The summed E-state index contributed by atoms with van der Waals surface area (Å²) in [5.74, 6) is 0.0895. The van der Waals surface area contributed by atoms with E-state index in [9.17, 15) is 9.90 Å². The molecule has 98 valence electrons. The van der Waals surface area contributed by atoms with Gasteiger partial charge in [0.15, 0.2) is 5.82 Å². The van der Waals surface area contributed by atoms with Crippen LogP contribution in [0.2, 0.25) is 10.0 Å². The number of likely N-dealkylation sites (tertiary alicyclic amines) is 1. The lowest BCUT2D eigenvalue weighted by molar-refractivity contribution is -0.117. The van der Waals surface area contributed by atoms with Crippen LogP contribution in [-0.2, 0) is 4.79 Å². The molecule has 18 heavy (non-hydrogen) atoms. The minimum absolute atomic E-state index is 0.208. The van der Waals surface area contributed by atoms with Crippen molar-refractivity contribution in [3.63, 3.8) is 0 Å². The van der Waals surface area contributed by atoms with E-state index < -0.39 is 0 Å². The minimum Gasteiger partial charge on any atom is -0.392 e. The average molecular weight is 290 g/mol. The van der Waals surface area contributed by atoms with Gasteiger partial charge in [-0.05, 0) is 12.5 Å². The van der Waals surface area contributed by atoms with E-state index in [0.29, 0.717) is 28.8 Å². The second-order valence-corrected chi connectivity index (χ2v) is 5.05. The van der Waals surface area contributed by atoms with Gasteiger partial charge in [-0.2, -0.15) is 0 Å². The van der Waals surface area contributed by atoms with E-state index >= 15 is 0 Å². The summed E-state index contributed by atoms with van der Waals surface area (Å²) >= 11 is 11.6. The molecule has 7 heteroatoms. The molecule has 5 nitrogen and oxygen atoms in total. The summed E-state index contributed by atoms with van der Waals surface area (Å²) in [6, 6.07) is 1.52. The average Bonchev–Trinajstić information content (AvgIpc) is 2.68. The molecule has 1 fully saturated rings. The predicted molar refractivity (Wildman–Crippen MR) is 70.0 cm³/mol. The van der Waals surface area contributed by atoms with Crippen molar-refractivity contribution in [1.29, 1.82) is 0 Å². The van der Waals surface area contributed by atoms with Gasteiger partial charge in [0.2, 0.25) is 5.91 Å². The monoisotopic (exact) mass is 289 g/mol. The van der Waals surface area contributed by atoms with E-state index in [4.69, 9.17) is 23.2 Å². The Morgan fingerprint density at radius 1 is 1.61 bits per heavy atom. The van der Waals surface area contributed by atoms with Gasteiger partial charge in [-0.15, -0.1) is 0 Å². The molecule has 1 atom stereocenters. The molecule has 1 amide bonds. The molecule has 0 bridgehead atoms. The van der Waals surface area contributed by atoms with Crippen molar-refractivity contribution in [2.24, 2.45) is 0 Å². The number of anilines is 1. The van der Waals surface area contributed by atoms with Crippen molar-refractivity contribution in [3.05, 3.63) is 22.3 Å². The van der Waals surface area contributed by atoms with Crippen LogP contribution >= 0.6 is 23.2 Å². The van der Waals surface area contributed by atoms with Crippen LogP contribution in [-0.4, -0.2) is 46.6 Å². The highest BCUT2D eigenvalue weighted by Gasteiger charge is 2.22. The van der Waals surface area contributed by atoms with Gasteiger partial charge in [-0.1, -0.05) is 23.2 Å². The lowest BCUT2D eigenvalue weighted by atomic mass is 10.3. The normalized spacial score (nSPS) is 20.1. The Bertz CT molecular complexity index is 456. The number of aliphatic hydroxyl groups is 1. The number of hydrogen-bond donors (Lipinski definition) is 2. The highest BCUT2D eigenvalue weighted by molar-refractivity contribution is 6.36. The third-order valence-corrected chi connectivity index (χ3v) is 3.18. The predicted octanol–water partition coefficient (Wildman–Crippen LogP) is 1.39. The molecule has 2 heterocycles. The highest BCUT2D eigenvalue weighted by Crippen LogP contribution is 2.22. The number of carbonyl (C=O) groups excluding carboxylic acids is 1. The molecule has 1 saturated heterocycles. The number of amides is 1. The van der Waals surface area contributed by atoms with E-state index in [2.05, 4.69) is 10.3 Å². The Morgan fingerprint density at radius 2 is 2.39 bits per heavy atom.